The van der Waals surface area contributed by atoms with Crippen molar-refractivity contribution in [2.75, 3.05) is 19.8 Å². The number of nitrogens with one attached hydrogen (secondary N) is 1. The molecule has 8 heteroatoms. The maximum absolute atomic E-state index is 13.4. The van der Waals surface area contributed by atoms with Crippen LogP contribution in [0.1, 0.15) is 60.5 Å². The van der Waals surface area contributed by atoms with Gasteiger partial charge in [-0.15, -0.1) is 0 Å². The molecule has 0 saturated heterocycles. The number of hydrogen-bond donors (Lipinski definition) is 2. The van der Waals surface area contributed by atoms with Crippen LogP contribution < -0.4 is 19.5 Å². The molecule has 1 aliphatic carbocycles. The molecule has 1 heterocycles. The Balaban J connectivity index is 1.47. The summed E-state index contributed by atoms with van der Waals surface area (Å²) in [6, 6.07) is 9.75. The van der Waals surface area contributed by atoms with E-state index in [4.69, 9.17) is 14.2 Å². The van der Waals surface area contributed by atoms with E-state index in [9.17, 15) is 19.5 Å². The molecule has 35 heavy (non-hydrogen) atoms. The summed E-state index contributed by atoms with van der Waals surface area (Å²) in [4.78, 5) is 36.8. The fourth-order valence-corrected chi connectivity index (χ4v) is 4.37. The first kappa shape index (κ1) is 24.3. The van der Waals surface area contributed by atoms with Crippen molar-refractivity contribution in [2.45, 2.75) is 45.1 Å². The number of ether oxygens (including phenoxy) is 3. The molecule has 1 aliphatic heterocycles. The third-order valence-electron chi connectivity index (χ3n) is 6.07. The molecule has 8 nitrogen and oxygen atoms in total. The van der Waals surface area contributed by atoms with Gasteiger partial charge in [0.15, 0.2) is 23.9 Å². The SMILES string of the molecule is CCCC(NC(=O)COc1ccc2c(c1)C=C(C)C(c1ccc3c(c1)OCCCO3)C2=O)C(=O)O. The van der Waals surface area contributed by atoms with E-state index in [0.29, 0.717) is 54.4 Å². The first-order valence-corrected chi connectivity index (χ1v) is 11.8. The van der Waals surface area contributed by atoms with Gasteiger partial charge in [0.05, 0.1) is 19.1 Å². The van der Waals surface area contributed by atoms with Crippen molar-refractivity contribution in [3.8, 4) is 17.2 Å². The molecule has 2 aliphatic rings. The molecule has 0 fully saturated rings. The quantitative estimate of drug-likeness (QED) is 0.589. The molecule has 2 atom stereocenters. The number of fused-ring (bicyclic) bond motifs is 2. The van der Waals surface area contributed by atoms with Crippen molar-refractivity contribution >= 4 is 23.7 Å². The van der Waals surface area contributed by atoms with E-state index in [1.54, 1.807) is 18.2 Å². The number of amides is 1. The van der Waals surface area contributed by atoms with Crippen LogP contribution in [0.5, 0.6) is 17.2 Å². The minimum Gasteiger partial charge on any atom is -0.490 e. The van der Waals surface area contributed by atoms with Gasteiger partial charge in [-0.25, -0.2) is 4.79 Å². The minimum atomic E-state index is -1.07. The standard InChI is InChI=1S/C27H29NO7/c1-3-5-21(27(31)32)28-24(29)15-35-19-7-8-20-18(13-19)12-16(2)25(26(20)30)17-6-9-22-23(14-17)34-11-4-10-33-22/h6-9,12-14,21,25H,3-5,10-11,15H2,1-2H3,(H,28,29)(H,31,32). The lowest BCUT2D eigenvalue weighted by atomic mass is 9.79. The molecular formula is C27H29NO7. The predicted octanol–water partition coefficient (Wildman–Crippen LogP) is 3.98. The Morgan fingerprint density at radius 1 is 1.14 bits per heavy atom. The highest BCUT2D eigenvalue weighted by molar-refractivity contribution is 6.08. The maximum atomic E-state index is 13.4. The second kappa shape index (κ2) is 10.6. The van der Waals surface area contributed by atoms with Gasteiger partial charge in [0.1, 0.15) is 11.8 Å². The number of aliphatic carboxylic acids is 1. The van der Waals surface area contributed by atoms with Gasteiger partial charge in [0, 0.05) is 12.0 Å². The van der Waals surface area contributed by atoms with Crippen LogP contribution in [0.2, 0.25) is 0 Å². The van der Waals surface area contributed by atoms with Crippen LogP contribution in [0, 0.1) is 0 Å². The summed E-state index contributed by atoms with van der Waals surface area (Å²) in [7, 11) is 0. The summed E-state index contributed by atoms with van der Waals surface area (Å²) >= 11 is 0. The van der Waals surface area contributed by atoms with Gasteiger partial charge in [-0.05, 0) is 54.8 Å². The first-order chi connectivity index (χ1) is 16.9. The molecule has 2 unspecified atom stereocenters. The summed E-state index contributed by atoms with van der Waals surface area (Å²) in [5.41, 5.74) is 3.01. The Hall–Kier alpha value is -3.81. The van der Waals surface area contributed by atoms with E-state index >= 15 is 0 Å². The van der Waals surface area contributed by atoms with E-state index in [1.165, 1.54) is 0 Å². The van der Waals surface area contributed by atoms with Crippen LogP contribution in [0.15, 0.2) is 42.0 Å². The highest BCUT2D eigenvalue weighted by Crippen LogP contribution is 2.40. The minimum absolute atomic E-state index is 0.0253. The average molecular weight is 480 g/mol. The average Bonchev–Trinajstić information content (AvgIpc) is 3.07. The summed E-state index contributed by atoms with van der Waals surface area (Å²) in [5, 5.41) is 11.7. The van der Waals surface area contributed by atoms with Crippen molar-refractivity contribution in [2.24, 2.45) is 0 Å². The number of allylic oxidation sites excluding steroid dienone is 1. The summed E-state index contributed by atoms with van der Waals surface area (Å²) in [6.45, 7) is 4.62. The van der Waals surface area contributed by atoms with Crippen LogP contribution in [-0.4, -0.2) is 48.6 Å². The van der Waals surface area contributed by atoms with Gasteiger partial charge in [-0.3, -0.25) is 9.59 Å². The third-order valence-corrected chi connectivity index (χ3v) is 6.07. The molecule has 2 aromatic carbocycles. The van der Waals surface area contributed by atoms with Gasteiger partial charge in [-0.1, -0.05) is 31.1 Å². The monoisotopic (exact) mass is 479 g/mol. The summed E-state index contributed by atoms with van der Waals surface area (Å²) < 4.78 is 17.1. The van der Waals surface area contributed by atoms with E-state index in [0.717, 1.165) is 17.6 Å². The number of ketones is 1. The smallest absolute Gasteiger partial charge is 0.326 e. The number of benzene rings is 2. The van der Waals surface area contributed by atoms with E-state index < -0.39 is 23.8 Å². The van der Waals surface area contributed by atoms with Crippen LogP contribution in [0.25, 0.3) is 6.08 Å². The number of carbonyl (C=O) groups is 3. The van der Waals surface area contributed by atoms with Crippen molar-refractivity contribution in [3.63, 3.8) is 0 Å². The number of carbonyl (C=O) groups excluding carboxylic acids is 2. The molecule has 0 saturated carbocycles. The van der Waals surface area contributed by atoms with Crippen molar-refractivity contribution in [1.82, 2.24) is 5.32 Å². The van der Waals surface area contributed by atoms with Gasteiger partial charge < -0.3 is 24.6 Å². The summed E-state index contributed by atoms with van der Waals surface area (Å²) in [6.07, 6.45) is 3.73. The molecule has 4 rings (SSSR count). The highest BCUT2D eigenvalue weighted by Gasteiger charge is 2.30. The van der Waals surface area contributed by atoms with Crippen molar-refractivity contribution in [1.29, 1.82) is 0 Å². The Bertz CT molecular complexity index is 1170. The lowest BCUT2D eigenvalue weighted by Gasteiger charge is -2.24. The number of carboxylic acids is 1. The van der Waals surface area contributed by atoms with E-state index in [2.05, 4.69) is 5.32 Å². The molecule has 0 radical (unpaired) electrons. The molecule has 2 aromatic rings. The molecule has 0 spiro atoms. The number of hydrogen-bond acceptors (Lipinski definition) is 6. The van der Waals surface area contributed by atoms with Crippen molar-refractivity contribution in [3.05, 3.63) is 58.7 Å². The first-order valence-electron chi connectivity index (χ1n) is 11.8. The lowest BCUT2D eigenvalue weighted by molar-refractivity contribution is -0.142. The largest absolute Gasteiger partial charge is 0.490 e. The predicted molar refractivity (Wildman–Crippen MR) is 129 cm³/mol. The fourth-order valence-electron chi connectivity index (χ4n) is 4.37. The molecule has 0 bridgehead atoms. The van der Waals surface area contributed by atoms with Crippen LogP contribution in [-0.2, 0) is 9.59 Å². The van der Waals surface area contributed by atoms with Gasteiger partial charge in [-0.2, -0.15) is 0 Å². The Morgan fingerprint density at radius 3 is 2.66 bits per heavy atom. The van der Waals surface area contributed by atoms with Gasteiger partial charge in [0.2, 0.25) is 0 Å². The topological polar surface area (TPSA) is 111 Å². The van der Waals surface area contributed by atoms with Gasteiger partial charge in [0.25, 0.3) is 5.91 Å². The Kier molecular flexibility index (Phi) is 7.39. The zero-order chi connectivity index (χ0) is 24.9. The van der Waals surface area contributed by atoms with Crippen LogP contribution in [0.3, 0.4) is 0 Å². The normalized spacial score (nSPS) is 17.5. The lowest BCUT2D eigenvalue weighted by Crippen LogP contribution is -2.42. The van der Waals surface area contributed by atoms with Crippen LogP contribution in [0.4, 0.5) is 0 Å². The number of carboxylic acid groups (broad SMARTS) is 1. The third kappa shape index (κ3) is 5.48. The fraction of sp³-hybridized carbons (Fsp3) is 0.370. The zero-order valence-electron chi connectivity index (χ0n) is 19.8. The number of Topliss-reactive ketones (excluding diaryl/α,β-unsaturated/α-hetero) is 1. The van der Waals surface area contributed by atoms with Gasteiger partial charge >= 0.3 is 5.97 Å². The molecule has 0 aromatic heterocycles. The number of rotatable bonds is 8. The summed E-state index contributed by atoms with van der Waals surface area (Å²) in [5.74, 6) is -0.278. The zero-order valence-corrected chi connectivity index (χ0v) is 19.8. The van der Waals surface area contributed by atoms with E-state index in [1.807, 2.05) is 38.1 Å². The Morgan fingerprint density at radius 2 is 1.91 bits per heavy atom. The van der Waals surface area contributed by atoms with Crippen molar-refractivity contribution < 1.29 is 33.7 Å². The molecule has 1 amide bonds. The molecule has 2 N–H and O–H groups in total. The maximum Gasteiger partial charge on any atom is 0.326 e. The Labute approximate surface area is 203 Å². The highest BCUT2D eigenvalue weighted by atomic mass is 16.5. The second-order valence-electron chi connectivity index (χ2n) is 8.73. The molecule has 184 valence electrons. The second-order valence-corrected chi connectivity index (χ2v) is 8.73. The van der Waals surface area contributed by atoms with E-state index in [-0.39, 0.29) is 12.4 Å². The van der Waals surface area contributed by atoms with Crippen LogP contribution >= 0.6 is 0 Å². The molecular weight excluding hydrogens is 450 g/mol.